The van der Waals surface area contributed by atoms with Gasteiger partial charge in [0.15, 0.2) is 0 Å². The van der Waals surface area contributed by atoms with Gasteiger partial charge in [0.25, 0.3) is 0 Å². The average molecular weight is 228 g/mol. The van der Waals surface area contributed by atoms with Crippen LogP contribution in [0.15, 0.2) is 0 Å². The Morgan fingerprint density at radius 3 is 2.33 bits per heavy atom. The van der Waals surface area contributed by atoms with Gasteiger partial charge in [-0.1, -0.05) is 27.2 Å². The maximum atomic E-state index is 11.6. The summed E-state index contributed by atoms with van der Waals surface area (Å²) in [5.74, 6) is -0.442. The Balaban J connectivity index is 4.61. The van der Waals surface area contributed by atoms with Crippen molar-refractivity contribution in [2.24, 2.45) is 5.41 Å². The van der Waals surface area contributed by atoms with E-state index in [1.165, 1.54) is 0 Å². The number of carbonyl (C=O) groups is 1. The van der Waals surface area contributed by atoms with Crippen molar-refractivity contribution in [2.75, 3.05) is 6.26 Å². The molecule has 2 radical (unpaired) electrons. The van der Waals surface area contributed by atoms with E-state index >= 15 is 0 Å². The minimum atomic E-state index is -0.863. The van der Waals surface area contributed by atoms with Gasteiger partial charge in [0.1, 0.15) is 6.29 Å². The SMILES string of the molecule is [B]C(C=O)CC(C)(C)C(CCC)S(C)=O. The van der Waals surface area contributed by atoms with E-state index in [2.05, 4.69) is 6.92 Å². The molecule has 3 atom stereocenters. The summed E-state index contributed by atoms with van der Waals surface area (Å²) in [4.78, 5) is 10.5. The highest BCUT2D eigenvalue weighted by Crippen LogP contribution is 2.35. The van der Waals surface area contributed by atoms with E-state index in [1.807, 2.05) is 13.8 Å². The summed E-state index contributed by atoms with van der Waals surface area (Å²) in [6, 6.07) is 0. The number of hydrogen-bond acceptors (Lipinski definition) is 2. The highest BCUT2D eigenvalue weighted by Gasteiger charge is 2.32. The lowest BCUT2D eigenvalue weighted by Crippen LogP contribution is -2.34. The van der Waals surface area contributed by atoms with Gasteiger partial charge in [0.2, 0.25) is 0 Å². The Morgan fingerprint density at radius 1 is 1.47 bits per heavy atom. The predicted octanol–water partition coefficient (Wildman–Crippen LogP) is 2.11. The van der Waals surface area contributed by atoms with Crippen LogP contribution in [0.3, 0.4) is 0 Å². The highest BCUT2D eigenvalue weighted by atomic mass is 32.2. The first-order valence-electron chi connectivity index (χ1n) is 5.38. The van der Waals surface area contributed by atoms with Crippen molar-refractivity contribution >= 4 is 24.9 Å². The molecule has 2 nitrogen and oxygen atoms in total. The van der Waals surface area contributed by atoms with Crippen molar-refractivity contribution in [3.63, 3.8) is 0 Å². The van der Waals surface area contributed by atoms with Crippen LogP contribution < -0.4 is 0 Å². The molecule has 0 aliphatic rings. The maximum Gasteiger partial charge on any atom is 0.114 e. The first-order chi connectivity index (χ1) is 6.85. The number of rotatable bonds is 7. The van der Waals surface area contributed by atoms with Crippen LogP contribution in [0.4, 0.5) is 0 Å². The molecule has 0 spiro atoms. The molecule has 0 rings (SSSR count). The zero-order chi connectivity index (χ0) is 12.1. The van der Waals surface area contributed by atoms with Crippen molar-refractivity contribution < 1.29 is 9.00 Å². The standard InChI is InChI=1S/C11H21BO2S/c1-5-6-10(15(4)14)11(2,3)7-9(12)8-13/h8-10H,5-7H2,1-4H3. The summed E-state index contributed by atoms with van der Waals surface area (Å²) in [6.45, 7) is 6.16. The Kier molecular flexibility index (Phi) is 6.41. The average Bonchev–Trinajstić information content (AvgIpc) is 2.12. The van der Waals surface area contributed by atoms with E-state index in [9.17, 15) is 9.00 Å². The van der Waals surface area contributed by atoms with Crippen LogP contribution in [-0.4, -0.2) is 29.8 Å². The summed E-state index contributed by atoms with van der Waals surface area (Å²) >= 11 is 0. The molecular formula is C11H21BO2S. The van der Waals surface area contributed by atoms with Crippen molar-refractivity contribution in [3.05, 3.63) is 0 Å². The van der Waals surface area contributed by atoms with Crippen LogP contribution in [0.25, 0.3) is 0 Å². The summed E-state index contributed by atoms with van der Waals surface area (Å²) in [5, 5.41) is 0.119. The molecule has 0 fully saturated rings. The van der Waals surface area contributed by atoms with Crippen LogP contribution >= 0.6 is 0 Å². The van der Waals surface area contributed by atoms with Gasteiger partial charge < -0.3 is 4.79 Å². The van der Waals surface area contributed by atoms with E-state index < -0.39 is 16.6 Å². The predicted molar refractivity (Wildman–Crippen MR) is 66.7 cm³/mol. The van der Waals surface area contributed by atoms with Crippen molar-refractivity contribution in [2.45, 2.75) is 51.1 Å². The zero-order valence-corrected chi connectivity index (χ0v) is 11.0. The molecule has 0 bridgehead atoms. The van der Waals surface area contributed by atoms with E-state index in [1.54, 1.807) is 6.26 Å². The normalized spacial score (nSPS) is 18.1. The topological polar surface area (TPSA) is 34.1 Å². The van der Waals surface area contributed by atoms with Crippen molar-refractivity contribution in [3.8, 4) is 0 Å². The molecule has 0 saturated carbocycles. The molecule has 0 heterocycles. The lowest BCUT2D eigenvalue weighted by Gasteiger charge is -2.34. The van der Waals surface area contributed by atoms with E-state index in [0.29, 0.717) is 6.42 Å². The summed E-state index contributed by atoms with van der Waals surface area (Å²) in [6.07, 6.45) is 5.02. The number of carbonyl (C=O) groups excluding carboxylic acids is 1. The lowest BCUT2D eigenvalue weighted by molar-refractivity contribution is -0.108. The van der Waals surface area contributed by atoms with Gasteiger partial charge in [-0.15, -0.1) is 0 Å². The van der Waals surface area contributed by atoms with Crippen molar-refractivity contribution in [1.82, 2.24) is 0 Å². The molecule has 0 aromatic carbocycles. The molecule has 0 saturated heterocycles. The zero-order valence-electron chi connectivity index (χ0n) is 10.2. The highest BCUT2D eigenvalue weighted by molar-refractivity contribution is 7.84. The van der Waals surface area contributed by atoms with Crippen LogP contribution in [0.2, 0.25) is 5.82 Å². The molecule has 4 heteroatoms. The third-order valence-corrected chi connectivity index (χ3v) is 4.43. The van der Waals surface area contributed by atoms with Gasteiger partial charge in [0.05, 0.1) is 7.85 Å². The van der Waals surface area contributed by atoms with Gasteiger partial charge in [0, 0.05) is 22.3 Å². The quantitative estimate of drug-likeness (QED) is 0.494. The second-order valence-electron chi connectivity index (χ2n) is 4.77. The summed E-state index contributed by atoms with van der Waals surface area (Å²) in [7, 11) is 4.76. The lowest BCUT2D eigenvalue weighted by atomic mass is 9.72. The molecule has 0 aliphatic heterocycles. The second-order valence-corrected chi connectivity index (χ2v) is 6.33. The van der Waals surface area contributed by atoms with Gasteiger partial charge in [-0.2, -0.15) is 0 Å². The Morgan fingerprint density at radius 2 is 2.00 bits per heavy atom. The Labute approximate surface area is 97.1 Å². The second kappa shape index (κ2) is 6.46. The minimum absolute atomic E-state index is 0.119. The fraction of sp³-hybridized carbons (Fsp3) is 0.909. The fourth-order valence-electron chi connectivity index (χ4n) is 2.06. The van der Waals surface area contributed by atoms with E-state index in [0.717, 1.165) is 19.1 Å². The van der Waals surface area contributed by atoms with Gasteiger partial charge in [-0.3, -0.25) is 4.21 Å². The molecule has 3 unspecified atom stereocenters. The third kappa shape index (κ3) is 4.96. The van der Waals surface area contributed by atoms with E-state index in [-0.39, 0.29) is 10.7 Å². The summed E-state index contributed by atoms with van der Waals surface area (Å²) < 4.78 is 11.6. The molecule has 86 valence electrons. The fourth-order valence-corrected chi connectivity index (χ4v) is 3.62. The molecule has 0 aromatic heterocycles. The summed E-state index contributed by atoms with van der Waals surface area (Å²) in [5.41, 5.74) is -0.143. The third-order valence-electron chi connectivity index (χ3n) is 2.76. The first-order valence-corrected chi connectivity index (χ1v) is 7.00. The maximum absolute atomic E-state index is 11.6. The van der Waals surface area contributed by atoms with Crippen molar-refractivity contribution in [1.29, 1.82) is 0 Å². The molecule has 15 heavy (non-hydrogen) atoms. The molecule has 0 aliphatic carbocycles. The van der Waals surface area contributed by atoms with Gasteiger partial charge in [-0.25, -0.2) is 0 Å². The number of aldehydes is 1. The molecule has 0 amide bonds. The van der Waals surface area contributed by atoms with Crippen LogP contribution in [0.5, 0.6) is 0 Å². The van der Waals surface area contributed by atoms with Crippen LogP contribution in [-0.2, 0) is 15.6 Å². The van der Waals surface area contributed by atoms with E-state index in [4.69, 9.17) is 7.85 Å². The Bertz CT molecular complexity index is 229. The molecule has 0 N–H and O–H groups in total. The number of hydrogen-bond donors (Lipinski definition) is 0. The monoisotopic (exact) mass is 228 g/mol. The first kappa shape index (κ1) is 14.9. The van der Waals surface area contributed by atoms with Gasteiger partial charge in [-0.05, 0) is 24.1 Å². The van der Waals surface area contributed by atoms with Crippen LogP contribution in [0.1, 0.15) is 40.0 Å². The Hall–Kier alpha value is -0.115. The van der Waals surface area contributed by atoms with Gasteiger partial charge >= 0.3 is 0 Å². The smallest absolute Gasteiger partial charge is 0.114 e. The molecule has 0 aromatic rings. The van der Waals surface area contributed by atoms with Crippen LogP contribution in [0, 0.1) is 5.41 Å². The molecular weight excluding hydrogens is 207 g/mol. The minimum Gasteiger partial charge on any atom is -0.304 e. The largest absolute Gasteiger partial charge is 0.304 e.